The van der Waals surface area contributed by atoms with Gasteiger partial charge in [0.15, 0.2) is 0 Å². The predicted molar refractivity (Wildman–Crippen MR) is 83.2 cm³/mol. The lowest BCUT2D eigenvalue weighted by atomic mass is 9.94. The summed E-state index contributed by atoms with van der Waals surface area (Å²) in [5.41, 5.74) is 0.810. The third-order valence-electron chi connectivity index (χ3n) is 4.61. The lowest BCUT2D eigenvalue weighted by Gasteiger charge is -2.39. The van der Waals surface area contributed by atoms with E-state index >= 15 is 0 Å². The average molecular weight is 341 g/mol. The van der Waals surface area contributed by atoms with Crippen molar-refractivity contribution in [2.45, 2.75) is 50.7 Å². The van der Waals surface area contributed by atoms with Crippen LogP contribution in [-0.4, -0.2) is 30.1 Å². The van der Waals surface area contributed by atoms with E-state index in [9.17, 15) is 4.39 Å². The van der Waals surface area contributed by atoms with Crippen LogP contribution in [0.1, 0.15) is 37.7 Å². The maximum atomic E-state index is 14.0. The van der Waals surface area contributed by atoms with Crippen LogP contribution in [0, 0.1) is 5.82 Å². The lowest BCUT2D eigenvalue weighted by Crippen LogP contribution is -2.49. The van der Waals surface area contributed by atoms with Gasteiger partial charge in [0.1, 0.15) is 5.82 Å². The molecule has 1 aromatic rings. The fourth-order valence-electron chi connectivity index (χ4n) is 3.59. The van der Waals surface area contributed by atoms with Gasteiger partial charge in [-0.2, -0.15) is 0 Å². The number of nitrogens with one attached hydrogen (secondary N) is 1. The van der Waals surface area contributed by atoms with Gasteiger partial charge in [0.2, 0.25) is 0 Å². The molecule has 0 bridgehead atoms. The van der Waals surface area contributed by atoms with E-state index in [1.165, 1.54) is 32.1 Å². The standard InChI is InChI=1S/C16H22BrFN2/c17-13-6-7-14(18)12(10-13)11-20-9-2-1-5-16(20)15-4-3-8-19-15/h6-7,10,15-16,19H,1-5,8-9,11H2. The molecule has 2 atom stereocenters. The van der Waals surface area contributed by atoms with E-state index in [1.54, 1.807) is 12.1 Å². The quantitative estimate of drug-likeness (QED) is 0.902. The first-order chi connectivity index (χ1) is 9.74. The molecular weight excluding hydrogens is 319 g/mol. The van der Waals surface area contributed by atoms with Crippen LogP contribution in [0.3, 0.4) is 0 Å². The van der Waals surface area contributed by atoms with Gasteiger partial charge in [-0.3, -0.25) is 4.90 Å². The van der Waals surface area contributed by atoms with Gasteiger partial charge in [-0.1, -0.05) is 22.4 Å². The Hall–Kier alpha value is -0.450. The van der Waals surface area contributed by atoms with E-state index < -0.39 is 0 Å². The maximum absolute atomic E-state index is 14.0. The third kappa shape index (κ3) is 3.23. The molecule has 0 aliphatic carbocycles. The fraction of sp³-hybridized carbons (Fsp3) is 0.625. The molecule has 0 amide bonds. The van der Waals surface area contributed by atoms with Crippen LogP contribution < -0.4 is 5.32 Å². The second kappa shape index (κ2) is 6.54. The molecule has 0 radical (unpaired) electrons. The first kappa shape index (κ1) is 14.5. The third-order valence-corrected chi connectivity index (χ3v) is 5.10. The molecule has 1 N–H and O–H groups in total. The summed E-state index contributed by atoms with van der Waals surface area (Å²) >= 11 is 3.44. The Morgan fingerprint density at radius 2 is 2.15 bits per heavy atom. The molecule has 2 saturated heterocycles. The smallest absolute Gasteiger partial charge is 0.127 e. The molecule has 2 fully saturated rings. The average Bonchev–Trinajstić information content (AvgIpc) is 2.97. The normalized spacial score (nSPS) is 27.9. The zero-order chi connectivity index (χ0) is 13.9. The minimum atomic E-state index is -0.0862. The van der Waals surface area contributed by atoms with Gasteiger partial charge in [0.05, 0.1) is 0 Å². The van der Waals surface area contributed by atoms with E-state index in [0.29, 0.717) is 12.1 Å². The highest BCUT2D eigenvalue weighted by atomic mass is 79.9. The lowest BCUT2D eigenvalue weighted by molar-refractivity contribution is 0.111. The number of benzene rings is 1. The van der Waals surface area contributed by atoms with Gasteiger partial charge >= 0.3 is 0 Å². The van der Waals surface area contributed by atoms with Crippen LogP contribution in [0.15, 0.2) is 22.7 Å². The van der Waals surface area contributed by atoms with Crippen LogP contribution in [0.25, 0.3) is 0 Å². The topological polar surface area (TPSA) is 15.3 Å². The molecule has 2 aliphatic rings. The summed E-state index contributed by atoms with van der Waals surface area (Å²) in [6.07, 6.45) is 6.33. The molecule has 0 aromatic heterocycles. The SMILES string of the molecule is Fc1ccc(Br)cc1CN1CCCCC1C1CCCN1. The van der Waals surface area contributed by atoms with Crippen LogP contribution in [-0.2, 0) is 6.54 Å². The summed E-state index contributed by atoms with van der Waals surface area (Å²) in [4.78, 5) is 2.48. The van der Waals surface area contributed by atoms with Crippen molar-refractivity contribution < 1.29 is 4.39 Å². The second-order valence-electron chi connectivity index (χ2n) is 5.97. The van der Waals surface area contributed by atoms with Gasteiger partial charge in [0, 0.05) is 28.7 Å². The Bertz CT molecular complexity index is 460. The Labute approximate surface area is 128 Å². The van der Waals surface area contributed by atoms with Crippen molar-refractivity contribution in [3.05, 3.63) is 34.1 Å². The van der Waals surface area contributed by atoms with Gasteiger partial charge in [0.25, 0.3) is 0 Å². The van der Waals surface area contributed by atoms with E-state index in [-0.39, 0.29) is 5.82 Å². The van der Waals surface area contributed by atoms with Gasteiger partial charge in [-0.15, -0.1) is 0 Å². The highest BCUT2D eigenvalue weighted by Crippen LogP contribution is 2.27. The van der Waals surface area contributed by atoms with Crippen LogP contribution in [0.4, 0.5) is 4.39 Å². The second-order valence-corrected chi connectivity index (χ2v) is 6.89. The van der Waals surface area contributed by atoms with E-state index in [2.05, 4.69) is 26.1 Å². The molecule has 2 nitrogen and oxygen atoms in total. The summed E-state index contributed by atoms with van der Waals surface area (Å²) in [5.74, 6) is -0.0862. The van der Waals surface area contributed by atoms with E-state index in [1.807, 2.05) is 6.07 Å². The van der Waals surface area contributed by atoms with Crippen molar-refractivity contribution in [2.75, 3.05) is 13.1 Å². The van der Waals surface area contributed by atoms with Crippen molar-refractivity contribution in [1.82, 2.24) is 10.2 Å². The Morgan fingerprint density at radius 3 is 2.95 bits per heavy atom. The van der Waals surface area contributed by atoms with Crippen molar-refractivity contribution >= 4 is 15.9 Å². The summed E-state index contributed by atoms with van der Waals surface area (Å²) < 4.78 is 14.9. The molecule has 2 aliphatic heterocycles. The molecule has 20 heavy (non-hydrogen) atoms. The van der Waals surface area contributed by atoms with Crippen molar-refractivity contribution in [3.63, 3.8) is 0 Å². The highest BCUT2D eigenvalue weighted by Gasteiger charge is 2.31. The van der Waals surface area contributed by atoms with Gasteiger partial charge < -0.3 is 5.32 Å². The predicted octanol–water partition coefficient (Wildman–Crippen LogP) is 3.69. The Morgan fingerprint density at radius 1 is 1.25 bits per heavy atom. The number of piperidine rings is 1. The molecule has 2 heterocycles. The molecule has 110 valence electrons. The van der Waals surface area contributed by atoms with Gasteiger partial charge in [-0.25, -0.2) is 4.39 Å². The molecular formula is C16H22BrFN2. The number of rotatable bonds is 3. The van der Waals surface area contributed by atoms with E-state index in [0.717, 1.165) is 29.7 Å². The molecule has 0 saturated carbocycles. The van der Waals surface area contributed by atoms with Gasteiger partial charge in [-0.05, 0) is 57.0 Å². The highest BCUT2D eigenvalue weighted by molar-refractivity contribution is 9.10. The fourth-order valence-corrected chi connectivity index (χ4v) is 4.00. The zero-order valence-electron chi connectivity index (χ0n) is 11.7. The Balaban J connectivity index is 1.74. The van der Waals surface area contributed by atoms with Crippen LogP contribution in [0.2, 0.25) is 0 Å². The first-order valence-electron chi connectivity index (χ1n) is 7.65. The van der Waals surface area contributed by atoms with E-state index in [4.69, 9.17) is 0 Å². The number of hydrogen-bond acceptors (Lipinski definition) is 2. The minimum absolute atomic E-state index is 0.0862. The molecule has 2 unspecified atom stereocenters. The molecule has 4 heteroatoms. The monoisotopic (exact) mass is 340 g/mol. The van der Waals surface area contributed by atoms with Crippen LogP contribution >= 0.6 is 15.9 Å². The summed E-state index contributed by atoms with van der Waals surface area (Å²) in [6.45, 7) is 2.96. The maximum Gasteiger partial charge on any atom is 0.127 e. The summed E-state index contributed by atoms with van der Waals surface area (Å²) in [7, 11) is 0. The van der Waals surface area contributed by atoms with Crippen molar-refractivity contribution in [2.24, 2.45) is 0 Å². The zero-order valence-corrected chi connectivity index (χ0v) is 13.3. The first-order valence-corrected chi connectivity index (χ1v) is 8.45. The van der Waals surface area contributed by atoms with Crippen molar-refractivity contribution in [1.29, 1.82) is 0 Å². The minimum Gasteiger partial charge on any atom is -0.312 e. The number of hydrogen-bond donors (Lipinski definition) is 1. The largest absolute Gasteiger partial charge is 0.312 e. The molecule has 3 rings (SSSR count). The molecule has 0 spiro atoms. The van der Waals surface area contributed by atoms with Crippen molar-refractivity contribution in [3.8, 4) is 0 Å². The number of nitrogens with zero attached hydrogens (tertiary/aromatic N) is 1. The summed E-state index contributed by atoms with van der Waals surface area (Å²) in [5, 5.41) is 3.62. The van der Waals surface area contributed by atoms with Crippen LogP contribution in [0.5, 0.6) is 0 Å². The number of halogens is 2. The Kier molecular flexibility index (Phi) is 4.74. The summed E-state index contributed by atoms with van der Waals surface area (Å²) in [6, 6.07) is 6.43. The number of likely N-dealkylation sites (tertiary alicyclic amines) is 1. The molecule has 1 aromatic carbocycles.